The van der Waals surface area contributed by atoms with Crippen molar-refractivity contribution in [2.24, 2.45) is 5.41 Å². The van der Waals surface area contributed by atoms with Crippen molar-refractivity contribution in [1.82, 2.24) is 0 Å². The van der Waals surface area contributed by atoms with Crippen molar-refractivity contribution < 1.29 is 39.6 Å². The van der Waals surface area contributed by atoms with E-state index in [0.717, 1.165) is 32.1 Å². The van der Waals surface area contributed by atoms with E-state index < -0.39 is 47.5 Å². The second-order valence-corrected chi connectivity index (χ2v) is 9.11. The first-order valence-corrected chi connectivity index (χ1v) is 12.5. The molecule has 0 bridgehead atoms. The highest BCUT2D eigenvalue weighted by atomic mass is 16.4. The monoisotopic (exact) mass is 472 g/mol. The Morgan fingerprint density at radius 1 is 0.606 bits per heavy atom. The van der Waals surface area contributed by atoms with Crippen LogP contribution in [0.15, 0.2) is 0 Å². The number of Topliss-reactive ketones (excluding diaryl/α,β-unsaturated/α-hetero) is 1. The molecule has 0 saturated heterocycles. The van der Waals surface area contributed by atoms with Crippen molar-refractivity contribution in [3.63, 3.8) is 0 Å². The van der Waals surface area contributed by atoms with E-state index in [4.69, 9.17) is 0 Å². The minimum absolute atomic E-state index is 0.215. The largest absolute Gasteiger partial charge is 0.481 e. The lowest BCUT2D eigenvalue weighted by Gasteiger charge is -2.39. The molecule has 0 aliphatic rings. The van der Waals surface area contributed by atoms with Crippen LogP contribution in [0.2, 0.25) is 0 Å². The van der Waals surface area contributed by atoms with E-state index in [1.54, 1.807) is 0 Å². The van der Waals surface area contributed by atoms with E-state index in [-0.39, 0.29) is 12.8 Å². The number of unbranched alkanes of at least 4 members (excludes halogenated alkanes) is 12. The Balaban J connectivity index is 5.21. The first-order valence-electron chi connectivity index (χ1n) is 12.5. The normalized spacial score (nSPS) is 14.9. The van der Waals surface area contributed by atoms with Crippen LogP contribution in [0.25, 0.3) is 0 Å². The molecule has 8 heteroatoms. The van der Waals surface area contributed by atoms with Crippen LogP contribution in [0.3, 0.4) is 0 Å². The zero-order valence-corrected chi connectivity index (χ0v) is 20.4. The number of rotatable bonds is 22. The Hall–Kier alpha value is -1.96. The summed E-state index contributed by atoms with van der Waals surface area (Å²) in [6, 6.07) is 0. The van der Waals surface area contributed by atoms with Crippen LogP contribution >= 0.6 is 0 Å². The molecule has 0 saturated carbocycles. The van der Waals surface area contributed by atoms with Gasteiger partial charge in [-0.2, -0.15) is 0 Å². The average Bonchev–Trinajstić information content (AvgIpc) is 2.73. The van der Waals surface area contributed by atoms with Gasteiger partial charge in [-0.1, -0.05) is 97.3 Å². The summed E-state index contributed by atoms with van der Waals surface area (Å²) in [5.41, 5.74) is -5.91. The number of ketones is 1. The molecule has 2 atom stereocenters. The maximum Gasteiger partial charge on any atom is 0.338 e. The Labute approximate surface area is 197 Å². The Bertz CT molecular complexity index is 618. The fourth-order valence-corrected chi connectivity index (χ4v) is 4.41. The second kappa shape index (κ2) is 16.6. The van der Waals surface area contributed by atoms with Crippen LogP contribution in [0.4, 0.5) is 0 Å². The highest BCUT2D eigenvalue weighted by Gasteiger charge is 2.65. The minimum atomic E-state index is -3.22. The van der Waals surface area contributed by atoms with Gasteiger partial charge < -0.3 is 20.4 Å². The molecule has 4 N–H and O–H groups in total. The second-order valence-electron chi connectivity index (χ2n) is 9.11. The van der Waals surface area contributed by atoms with Gasteiger partial charge in [0, 0.05) is 6.42 Å². The Morgan fingerprint density at radius 3 is 1.42 bits per heavy atom. The molecular formula is C25H44O8. The van der Waals surface area contributed by atoms with E-state index in [0.29, 0.717) is 19.3 Å². The fourth-order valence-electron chi connectivity index (χ4n) is 4.41. The van der Waals surface area contributed by atoms with Gasteiger partial charge in [0.2, 0.25) is 0 Å². The van der Waals surface area contributed by atoms with Crippen molar-refractivity contribution in [3.8, 4) is 0 Å². The van der Waals surface area contributed by atoms with Gasteiger partial charge in [-0.3, -0.25) is 14.4 Å². The predicted octanol–water partition coefficient (Wildman–Crippen LogP) is 5.20. The van der Waals surface area contributed by atoms with Gasteiger partial charge in [0.1, 0.15) is 0 Å². The van der Waals surface area contributed by atoms with E-state index in [1.165, 1.54) is 32.1 Å². The number of hydrogen-bond donors (Lipinski definition) is 4. The molecule has 0 heterocycles. The van der Waals surface area contributed by atoms with E-state index in [2.05, 4.69) is 6.92 Å². The summed E-state index contributed by atoms with van der Waals surface area (Å²) in [6.07, 6.45) is 10.7. The lowest BCUT2D eigenvalue weighted by Crippen LogP contribution is -2.63. The summed E-state index contributed by atoms with van der Waals surface area (Å²) >= 11 is 0. The summed E-state index contributed by atoms with van der Waals surface area (Å²) in [5.74, 6) is -6.37. The number of carboxylic acids is 3. The maximum atomic E-state index is 13.0. The molecule has 0 aliphatic heterocycles. The Morgan fingerprint density at radius 2 is 1.03 bits per heavy atom. The highest BCUT2D eigenvalue weighted by Crippen LogP contribution is 2.43. The number of aliphatic hydroxyl groups is 1. The molecule has 0 amide bonds. The number of carbonyl (C=O) groups is 4. The van der Waals surface area contributed by atoms with Crippen molar-refractivity contribution in [2.75, 3.05) is 0 Å². The lowest BCUT2D eigenvalue weighted by atomic mass is 9.63. The average molecular weight is 473 g/mol. The molecular weight excluding hydrogens is 428 g/mol. The van der Waals surface area contributed by atoms with Gasteiger partial charge in [-0.05, 0) is 12.8 Å². The molecule has 33 heavy (non-hydrogen) atoms. The third kappa shape index (κ3) is 9.82. The number of carbonyl (C=O) groups excluding carboxylic acids is 1. The van der Waals surface area contributed by atoms with Gasteiger partial charge in [0.05, 0.1) is 6.42 Å². The van der Waals surface area contributed by atoms with Gasteiger partial charge in [0.15, 0.2) is 16.8 Å². The van der Waals surface area contributed by atoms with E-state index in [1.807, 2.05) is 6.92 Å². The lowest BCUT2D eigenvalue weighted by molar-refractivity contribution is -0.196. The maximum absolute atomic E-state index is 13.0. The Kier molecular flexibility index (Phi) is 15.6. The van der Waals surface area contributed by atoms with Crippen LogP contribution in [-0.4, -0.2) is 49.7 Å². The summed E-state index contributed by atoms with van der Waals surface area (Å²) in [7, 11) is 0. The molecule has 0 aromatic rings. The number of aliphatic carboxylic acids is 3. The van der Waals surface area contributed by atoms with Crippen LogP contribution in [-0.2, 0) is 19.2 Å². The van der Waals surface area contributed by atoms with Gasteiger partial charge in [-0.15, -0.1) is 0 Å². The van der Waals surface area contributed by atoms with E-state index >= 15 is 0 Å². The van der Waals surface area contributed by atoms with Crippen molar-refractivity contribution >= 4 is 23.7 Å². The van der Waals surface area contributed by atoms with Crippen LogP contribution in [0, 0.1) is 5.41 Å². The first-order chi connectivity index (χ1) is 15.6. The number of hydrogen-bond acceptors (Lipinski definition) is 5. The molecule has 0 aromatic heterocycles. The summed E-state index contributed by atoms with van der Waals surface area (Å²) in [4.78, 5) is 48.6. The predicted molar refractivity (Wildman–Crippen MR) is 125 cm³/mol. The molecule has 0 rings (SSSR count). The zero-order chi connectivity index (χ0) is 25.3. The molecule has 192 valence electrons. The number of carboxylic acid groups (broad SMARTS) is 3. The van der Waals surface area contributed by atoms with Gasteiger partial charge in [0.25, 0.3) is 0 Å². The van der Waals surface area contributed by atoms with Crippen molar-refractivity contribution in [3.05, 3.63) is 0 Å². The third-order valence-corrected chi connectivity index (χ3v) is 6.47. The first kappa shape index (κ1) is 31.0. The molecule has 0 aromatic carbocycles. The molecule has 8 nitrogen and oxygen atoms in total. The van der Waals surface area contributed by atoms with Crippen LogP contribution in [0.1, 0.15) is 123 Å². The SMILES string of the molecule is CCCCCCCCCCCCCC(C(=O)O)(C(=O)CCCCC)C(O)(CC(=O)O)C(=O)O. The quantitative estimate of drug-likeness (QED) is 0.124. The zero-order valence-electron chi connectivity index (χ0n) is 20.4. The molecule has 0 radical (unpaired) electrons. The summed E-state index contributed by atoms with van der Waals surface area (Å²) in [5, 5.41) is 39.6. The topological polar surface area (TPSA) is 149 Å². The molecule has 2 unspecified atom stereocenters. The molecule has 0 aliphatic carbocycles. The third-order valence-electron chi connectivity index (χ3n) is 6.47. The van der Waals surface area contributed by atoms with Crippen LogP contribution in [0.5, 0.6) is 0 Å². The smallest absolute Gasteiger partial charge is 0.338 e. The minimum Gasteiger partial charge on any atom is -0.481 e. The van der Waals surface area contributed by atoms with Gasteiger partial charge in [-0.25, -0.2) is 4.79 Å². The standard InChI is InChI=1S/C25H44O8/c1-3-5-7-8-9-10-11-12-13-14-16-18-24(22(29)30,20(26)17-15-6-4-2)25(33,23(31)32)19-21(27)28/h33H,3-19H2,1-2H3,(H,27,28)(H,29,30)(H,31,32). The summed E-state index contributed by atoms with van der Waals surface area (Å²) in [6.45, 7) is 4.08. The summed E-state index contributed by atoms with van der Waals surface area (Å²) < 4.78 is 0. The van der Waals surface area contributed by atoms with Crippen LogP contribution < -0.4 is 0 Å². The van der Waals surface area contributed by atoms with Gasteiger partial charge >= 0.3 is 17.9 Å². The molecule has 0 fully saturated rings. The highest BCUT2D eigenvalue weighted by molar-refractivity contribution is 6.09. The van der Waals surface area contributed by atoms with Crippen molar-refractivity contribution in [1.29, 1.82) is 0 Å². The molecule has 0 spiro atoms. The van der Waals surface area contributed by atoms with E-state index in [9.17, 15) is 39.6 Å². The van der Waals surface area contributed by atoms with Crippen molar-refractivity contribution in [2.45, 2.75) is 129 Å². The fraction of sp³-hybridized carbons (Fsp3) is 0.840.